The molecule has 30 heavy (non-hydrogen) atoms. The lowest BCUT2D eigenvalue weighted by molar-refractivity contribution is 0.0485. The molecular formula is C19H42IN5O4S. The van der Waals surface area contributed by atoms with E-state index in [1.807, 2.05) is 32.7 Å². The summed E-state index contributed by atoms with van der Waals surface area (Å²) in [5, 5.41) is 6.14. The lowest BCUT2D eigenvalue weighted by Gasteiger charge is -2.30. The number of hydrogen-bond acceptors (Lipinski definition) is 5. The summed E-state index contributed by atoms with van der Waals surface area (Å²) in [6, 6.07) is -0.0475. The highest BCUT2D eigenvalue weighted by atomic mass is 127. The van der Waals surface area contributed by atoms with Gasteiger partial charge in [-0.3, -0.25) is 4.99 Å². The van der Waals surface area contributed by atoms with Gasteiger partial charge in [0.1, 0.15) is 5.60 Å². The summed E-state index contributed by atoms with van der Waals surface area (Å²) < 4.78 is 30.9. The molecule has 0 aromatic heterocycles. The smallest absolute Gasteiger partial charge is 0.407 e. The number of guanidine groups is 1. The van der Waals surface area contributed by atoms with Crippen molar-refractivity contribution in [1.82, 2.24) is 20.3 Å². The fourth-order valence-electron chi connectivity index (χ4n) is 2.69. The second-order valence-corrected chi connectivity index (χ2v) is 11.1. The van der Waals surface area contributed by atoms with Crippen LogP contribution in [0.2, 0.25) is 0 Å². The lowest BCUT2D eigenvalue weighted by atomic mass is 10.0. The molecule has 0 spiro atoms. The third-order valence-electron chi connectivity index (χ3n) is 4.01. The quantitative estimate of drug-likeness (QED) is 0.226. The molecule has 1 amide bonds. The van der Waals surface area contributed by atoms with Crippen LogP contribution in [-0.4, -0.2) is 76.0 Å². The van der Waals surface area contributed by atoms with Crippen molar-refractivity contribution in [3.05, 3.63) is 0 Å². The summed E-state index contributed by atoms with van der Waals surface area (Å²) in [7, 11) is 0.267. The van der Waals surface area contributed by atoms with Crippen LogP contribution in [0.3, 0.4) is 0 Å². The maximum Gasteiger partial charge on any atom is 0.407 e. The number of amides is 1. The van der Waals surface area contributed by atoms with E-state index in [9.17, 15) is 13.2 Å². The predicted octanol–water partition coefficient (Wildman–Crippen LogP) is 2.38. The third-order valence-corrected chi connectivity index (χ3v) is 4.93. The van der Waals surface area contributed by atoms with Gasteiger partial charge in [-0.15, -0.1) is 24.0 Å². The number of halogens is 1. The molecule has 0 aliphatic rings. The van der Waals surface area contributed by atoms with Gasteiger partial charge < -0.3 is 20.3 Å². The van der Waals surface area contributed by atoms with Crippen LogP contribution in [0, 0.1) is 5.92 Å². The first-order valence-electron chi connectivity index (χ1n) is 9.86. The number of sulfonamides is 1. The number of carbonyl (C=O) groups is 1. The summed E-state index contributed by atoms with van der Waals surface area (Å²) >= 11 is 0. The lowest BCUT2D eigenvalue weighted by Crippen LogP contribution is -2.53. The van der Waals surface area contributed by atoms with E-state index in [0.29, 0.717) is 25.5 Å². The first kappa shape index (κ1) is 31.4. The van der Waals surface area contributed by atoms with Crippen molar-refractivity contribution >= 4 is 46.1 Å². The second-order valence-electron chi connectivity index (χ2n) is 9.37. The van der Waals surface area contributed by atoms with E-state index in [1.54, 1.807) is 20.9 Å². The molecule has 1 atom stereocenters. The highest BCUT2D eigenvalue weighted by Crippen LogP contribution is 2.11. The fourth-order valence-corrected chi connectivity index (χ4v) is 3.77. The summed E-state index contributed by atoms with van der Waals surface area (Å²) in [6.45, 7) is 14.2. The normalized spacial score (nSPS) is 14.0. The Morgan fingerprint density at radius 2 is 1.70 bits per heavy atom. The Hall–Kier alpha value is -0.820. The van der Waals surface area contributed by atoms with Crippen LogP contribution in [0.1, 0.15) is 54.9 Å². The molecule has 0 radical (unpaired) electrons. The van der Waals surface area contributed by atoms with Gasteiger partial charge in [0.2, 0.25) is 10.0 Å². The largest absolute Gasteiger partial charge is 0.444 e. The molecule has 0 rings (SSSR count). The van der Waals surface area contributed by atoms with Gasteiger partial charge in [-0.1, -0.05) is 13.8 Å². The molecule has 1 unspecified atom stereocenters. The van der Waals surface area contributed by atoms with Crippen LogP contribution in [0.4, 0.5) is 4.79 Å². The van der Waals surface area contributed by atoms with E-state index in [4.69, 9.17) is 4.74 Å². The zero-order valence-corrected chi connectivity index (χ0v) is 23.3. The van der Waals surface area contributed by atoms with Crippen LogP contribution in [0.5, 0.6) is 0 Å². The maximum atomic E-state index is 12.1. The molecule has 0 saturated heterocycles. The van der Waals surface area contributed by atoms with Crippen LogP contribution >= 0.6 is 24.0 Å². The van der Waals surface area contributed by atoms with Gasteiger partial charge in [-0.05, 0) is 47.0 Å². The van der Waals surface area contributed by atoms with Crippen molar-refractivity contribution in [2.45, 2.75) is 72.1 Å². The number of hydrogen-bond donors (Lipinski definition) is 3. The summed E-state index contributed by atoms with van der Waals surface area (Å²) in [6.07, 6.45) is 1.42. The van der Waals surface area contributed by atoms with Crippen molar-refractivity contribution in [3.8, 4) is 0 Å². The van der Waals surface area contributed by atoms with Gasteiger partial charge in [0.25, 0.3) is 0 Å². The standard InChI is InChI=1S/C19H41N5O4S.HI/c1-14(2)15(22-17(25)28-18(3,4)5)11-12-24(9)16(20-8)21-13-19(6,7)23-29(10,26)27;/h14-15,23H,11-13H2,1-10H3,(H,20,21)(H,22,25);1H. The van der Waals surface area contributed by atoms with E-state index in [1.165, 1.54) is 0 Å². The van der Waals surface area contributed by atoms with Crippen molar-refractivity contribution in [2.75, 3.05) is 33.4 Å². The molecule has 0 aliphatic carbocycles. The van der Waals surface area contributed by atoms with Gasteiger partial charge in [0, 0.05) is 38.8 Å². The maximum absolute atomic E-state index is 12.1. The average molecular weight is 564 g/mol. The molecule has 0 saturated carbocycles. The highest BCUT2D eigenvalue weighted by Gasteiger charge is 2.24. The zero-order chi connectivity index (χ0) is 23.0. The van der Waals surface area contributed by atoms with Gasteiger partial charge in [-0.2, -0.15) is 0 Å². The first-order valence-corrected chi connectivity index (χ1v) is 11.7. The summed E-state index contributed by atoms with van der Waals surface area (Å²) in [5.41, 5.74) is -1.20. The average Bonchev–Trinajstić information content (AvgIpc) is 2.47. The highest BCUT2D eigenvalue weighted by molar-refractivity contribution is 14.0. The van der Waals surface area contributed by atoms with Crippen LogP contribution in [-0.2, 0) is 14.8 Å². The number of alkyl carbamates (subject to hydrolysis) is 1. The molecular weight excluding hydrogens is 521 g/mol. The second kappa shape index (κ2) is 12.9. The first-order chi connectivity index (χ1) is 13.0. The molecule has 0 heterocycles. The van der Waals surface area contributed by atoms with Crippen molar-refractivity contribution in [2.24, 2.45) is 10.9 Å². The number of nitrogens with zero attached hydrogens (tertiary/aromatic N) is 2. The van der Waals surface area contributed by atoms with Gasteiger partial charge in [-0.25, -0.2) is 17.9 Å². The van der Waals surface area contributed by atoms with Crippen LogP contribution < -0.4 is 15.4 Å². The van der Waals surface area contributed by atoms with Gasteiger partial charge >= 0.3 is 6.09 Å². The van der Waals surface area contributed by atoms with E-state index >= 15 is 0 Å². The summed E-state index contributed by atoms with van der Waals surface area (Å²) in [5.74, 6) is 0.886. The Balaban J connectivity index is 0. The minimum absolute atomic E-state index is 0. The predicted molar refractivity (Wildman–Crippen MR) is 134 cm³/mol. The Morgan fingerprint density at radius 3 is 2.10 bits per heavy atom. The number of ether oxygens (including phenoxy) is 1. The topological polar surface area (TPSA) is 112 Å². The Kier molecular flexibility index (Phi) is 13.5. The molecule has 0 bridgehead atoms. The minimum atomic E-state index is -3.31. The molecule has 9 nitrogen and oxygen atoms in total. The SMILES string of the molecule is CN=C(NCC(C)(C)NS(C)(=O)=O)N(C)CCC(NC(=O)OC(C)(C)C)C(C)C.I. The Morgan fingerprint density at radius 1 is 1.17 bits per heavy atom. The van der Waals surface area contributed by atoms with Crippen molar-refractivity contribution in [3.63, 3.8) is 0 Å². The number of carbonyl (C=O) groups excluding carboxylic acids is 1. The Labute approximate surface area is 200 Å². The van der Waals surface area contributed by atoms with Crippen LogP contribution in [0.15, 0.2) is 4.99 Å². The van der Waals surface area contributed by atoms with E-state index < -0.39 is 27.3 Å². The molecule has 180 valence electrons. The van der Waals surface area contributed by atoms with Crippen LogP contribution in [0.25, 0.3) is 0 Å². The van der Waals surface area contributed by atoms with Gasteiger partial charge in [0.15, 0.2) is 5.96 Å². The number of nitrogens with one attached hydrogen (secondary N) is 3. The molecule has 11 heteroatoms. The van der Waals surface area contributed by atoms with E-state index in [2.05, 4.69) is 34.2 Å². The van der Waals surface area contributed by atoms with E-state index in [0.717, 1.165) is 6.26 Å². The van der Waals surface area contributed by atoms with Gasteiger partial charge in [0.05, 0.1) is 6.26 Å². The zero-order valence-electron chi connectivity index (χ0n) is 20.1. The fraction of sp³-hybridized carbons (Fsp3) is 0.895. The molecule has 0 aromatic carbocycles. The van der Waals surface area contributed by atoms with Crippen molar-refractivity contribution < 1.29 is 17.9 Å². The molecule has 0 aliphatic heterocycles. The molecule has 0 aromatic rings. The molecule has 3 N–H and O–H groups in total. The minimum Gasteiger partial charge on any atom is -0.444 e. The Bertz CT molecular complexity index is 660. The third kappa shape index (κ3) is 15.1. The van der Waals surface area contributed by atoms with Crippen molar-refractivity contribution in [1.29, 1.82) is 0 Å². The van der Waals surface area contributed by atoms with E-state index in [-0.39, 0.29) is 35.9 Å². The summed E-state index contributed by atoms with van der Waals surface area (Å²) in [4.78, 5) is 18.3. The number of aliphatic imine (C=N–C) groups is 1. The number of rotatable bonds is 9. The monoisotopic (exact) mass is 563 g/mol. The molecule has 0 fully saturated rings.